The first kappa shape index (κ1) is 15.3. The van der Waals surface area contributed by atoms with E-state index in [1.165, 1.54) is 0 Å². The molecule has 1 unspecified atom stereocenters. The predicted octanol–water partition coefficient (Wildman–Crippen LogP) is 3.77. The maximum Gasteiger partial charge on any atom is 0.333 e. The van der Waals surface area contributed by atoms with E-state index in [0.29, 0.717) is 25.0 Å². The number of esters is 1. The Morgan fingerprint density at radius 1 is 1.24 bits per heavy atom. The van der Waals surface area contributed by atoms with Crippen molar-refractivity contribution in [2.75, 3.05) is 6.61 Å². The highest BCUT2D eigenvalue weighted by atomic mass is 16.5. The maximum absolute atomic E-state index is 11.2. The van der Waals surface area contributed by atoms with Gasteiger partial charge in [0.15, 0.2) is 0 Å². The fourth-order valence-corrected chi connectivity index (χ4v) is 2.26. The summed E-state index contributed by atoms with van der Waals surface area (Å²) < 4.78 is 5.03. The summed E-state index contributed by atoms with van der Waals surface area (Å²) in [5, 5.41) is 12.5. The fourth-order valence-electron chi connectivity index (χ4n) is 2.26. The van der Waals surface area contributed by atoms with Crippen molar-refractivity contribution in [3.8, 4) is 0 Å². The van der Waals surface area contributed by atoms with E-state index in [1.807, 2.05) is 42.5 Å². The first-order chi connectivity index (χ1) is 10.1. The number of hydrogen-bond donors (Lipinski definition) is 1. The van der Waals surface area contributed by atoms with Gasteiger partial charge in [-0.1, -0.05) is 49.0 Å². The lowest BCUT2D eigenvalue weighted by atomic mass is 9.98. The number of ether oxygens (including phenoxy) is 1. The Bertz CT molecular complexity index is 640. The Morgan fingerprint density at radius 2 is 1.95 bits per heavy atom. The SMILES string of the molecule is C=C(C)C(=O)OCCCC(O)c1cccc2ccccc12. The van der Waals surface area contributed by atoms with Crippen LogP contribution in [-0.4, -0.2) is 17.7 Å². The minimum atomic E-state index is -0.556. The number of aliphatic hydroxyl groups is 1. The molecule has 0 spiro atoms. The average Bonchev–Trinajstić information content (AvgIpc) is 2.50. The molecule has 0 radical (unpaired) electrons. The van der Waals surface area contributed by atoms with Gasteiger partial charge in [-0.2, -0.15) is 0 Å². The van der Waals surface area contributed by atoms with E-state index in [9.17, 15) is 9.90 Å². The van der Waals surface area contributed by atoms with E-state index in [4.69, 9.17) is 4.74 Å². The standard InChI is InChI=1S/C18H20O3/c1-13(2)18(20)21-12-6-11-17(19)16-10-5-8-14-7-3-4-9-15(14)16/h3-5,7-10,17,19H,1,6,11-12H2,2H3. The van der Waals surface area contributed by atoms with E-state index in [-0.39, 0.29) is 5.97 Å². The summed E-state index contributed by atoms with van der Waals surface area (Å²) >= 11 is 0. The van der Waals surface area contributed by atoms with Gasteiger partial charge in [0.25, 0.3) is 0 Å². The molecule has 1 atom stereocenters. The summed E-state index contributed by atoms with van der Waals surface area (Å²) in [6.07, 6.45) is 0.612. The van der Waals surface area contributed by atoms with Crippen molar-refractivity contribution in [1.82, 2.24) is 0 Å². The fraction of sp³-hybridized carbons (Fsp3) is 0.278. The highest BCUT2D eigenvalue weighted by Gasteiger charge is 2.11. The molecule has 2 aromatic carbocycles. The van der Waals surface area contributed by atoms with Crippen molar-refractivity contribution in [2.45, 2.75) is 25.9 Å². The number of benzene rings is 2. The average molecular weight is 284 g/mol. The number of aliphatic hydroxyl groups excluding tert-OH is 1. The van der Waals surface area contributed by atoms with E-state index in [2.05, 4.69) is 6.58 Å². The lowest BCUT2D eigenvalue weighted by Crippen LogP contribution is -2.07. The Hall–Kier alpha value is -2.13. The molecular weight excluding hydrogens is 264 g/mol. The summed E-state index contributed by atoms with van der Waals surface area (Å²) in [7, 11) is 0. The molecule has 110 valence electrons. The van der Waals surface area contributed by atoms with Gasteiger partial charge in [0.1, 0.15) is 0 Å². The van der Waals surface area contributed by atoms with Gasteiger partial charge in [0, 0.05) is 5.57 Å². The molecule has 0 fully saturated rings. The molecule has 0 aliphatic carbocycles. The van der Waals surface area contributed by atoms with Crippen LogP contribution >= 0.6 is 0 Å². The zero-order valence-corrected chi connectivity index (χ0v) is 12.2. The molecule has 0 bridgehead atoms. The van der Waals surface area contributed by atoms with E-state index in [1.54, 1.807) is 6.92 Å². The zero-order chi connectivity index (χ0) is 15.2. The normalized spacial score (nSPS) is 12.1. The molecule has 0 saturated heterocycles. The van der Waals surface area contributed by atoms with Crippen molar-refractivity contribution in [1.29, 1.82) is 0 Å². The molecular formula is C18H20O3. The van der Waals surface area contributed by atoms with Gasteiger partial charge in [-0.05, 0) is 36.1 Å². The van der Waals surface area contributed by atoms with Crippen LogP contribution in [0.2, 0.25) is 0 Å². The first-order valence-electron chi connectivity index (χ1n) is 7.08. The van der Waals surface area contributed by atoms with Gasteiger partial charge in [-0.3, -0.25) is 0 Å². The van der Waals surface area contributed by atoms with Crippen molar-refractivity contribution >= 4 is 16.7 Å². The number of carbonyl (C=O) groups excluding carboxylic acids is 1. The number of carbonyl (C=O) groups is 1. The summed E-state index contributed by atoms with van der Waals surface area (Å²) in [5.74, 6) is -0.380. The molecule has 3 heteroatoms. The lowest BCUT2D eigenvalue weighted by Gasteiger charge is -2.14. The summed E-state index contributed by atoms with van der Waals surface area (Å²) in [6.45, 7) is 5.44. The molecule has 2 rings (SSSR count). The van der Waals surface area contributed by atoms with Crippen molar-refractivity contribution in [3.63, 3.8) is 0 Å². The molecule has 0 aromatic heterocycles. The quantitative estimate of drug-likeness (QED) is 0.499. The Balaban J connectivity index is 1.95. The third-order valence-corrected chi connectivity index (χ3v) is 3.39. The maximum atomic E-state index is 11.2. The first-order valence-corrected chi connectivity index (χ1v) is 7.08. The summed E-state index contributed by atoms with van der Waals surface area (Å²) in [4.78, 5) is 11.2. The monoisotopic (exact) mass is 284 g/mol. The van der Waals surface area contributed by atoms with Crippen LogP contribution in [0.3, 0.4) is 0 Å². The second-order valence-electron chi connectivity index (χ2n) is 5.14. The predicted molar refractivity (Wildman–Crippen MR) is 83.9 cm³/mol. The zero-order valence-electron chi connectivity index (χ0n) is 12.2. The molecule has 0 amide bonds. The highest BCUT2D eigenvalue weighted by molar-refractivity contribution is 5.87. The van der Waals surface area contributed by atoms with Crippen LogP contribution in [0, 0.1) is 0 Å². The van der Waals surface area contributed by atoms with Crippen molar-refractivity contribution in [3.05, 3.63) is 60.2 Å². The van der Waals surface area contributed by atoms with Gasteiger partial charge in [0.05, 0.1) is 12.7 Å². The topological polar surface area (TPSA) is 46.5 Å². The van der Waals surface area contributed by atoms with Gasteiger partial charge in [-0.25, -0.2) is 4.79 Å². The van der Waals surface area contributed by atoms with Crippen molar-refractivity contribution in [2.24, 2.45) is 0 Å². The van der Waals surface area contributed by atoms with Crippen LogP contribution in [0.5, 0.6) is 0 Å². The van der Waals surface area contributed by atoms with Crippen LogP contribution in [0.15, 0.2) is 54.6 Å². The largest absolute Gasteiger partial charge is 0.462 e. The van der Waals surface area contributed by atoms with E-state index in [0.717, 1.165) is 16.3 Å². The molecule has 2 aromatic rings. The van der Waals surface area contributed by atoms with Gasteiger partial charge in [0.2, 0.25) is 0 Å². The number of hydrogen-bond acceptors (Lipinski definition) is 3. The Morgan fingerprint density at radius 3 is 2.71 bits per heavy atom. The number of rotatable bonds is 6. The highest BCUT2D eigenvalue weighted by Crippen LogP contribution is 2.26. The van der Waals surface area contributed by atoms with Crippen molar-refractivity contribution < 1.29 is 14.6 Å². The van der Waals surface area contributed by atoms with Gasteiger partial charge >= 0.3 is 5.97 Å². The lowest BCUT2D eigenvalue weighted by molar-refractivity contribution is -0.139. The smallest absolute Gasteiger partial charge is 0.333 e. The van der Waals surface area contributed by atoms with Crippen LogP contribution in [-0.2, 0) is 9.53 Å². The molecule has 0 heterocycles. The van der Waals surface area contributed by atoms with Crippen LogP contribution in [0.4, 0.5) is 0 Å². The minimum absolute atomic E-state index is 0.299. The molecule has 1 N–H and O–H groups in total. The molecule has 0 saturated carbocycles. The van der Waals surface area contributed by atoms with Crippen LogP contribution in [0.1, 0.15) is 31.4 Å². The van der Waals surface area contributed by atoms with E-state index >= 15 is 0 Å². The molecule has 21 heavy (non-hydrogen) atoms. The third kappa shape index (κ3) is 3.92. The second kappa shape index (κ2) is 7.04. The number of fused-ring (bicyclic) bond motifs is 1. The third-order valence-electron chi connectivity index (χ3n) is 3.39. The molecule has 0 aliphatic heterocycles. The minimum Gasteiger partial charge on any atom is -0.462 e. The second-order valence-corrected chi connectivity index (χ2v) is 5.14. The molecule has 0 aliphatic rings. The van der Waals surface area contributed by atoms with Crippen LogP contribution < -0.4 is 0 Å². The summed E-state index contributed by atoms with van der Waals surface area (Å²) in [6, 6.07) is 13.9. The van der Waals surface area contributed by atoms with E-state index < -0.39 is 6.10 Å². The Labute approximate surface area is 124 Å². The van der Waals surface area contributed by atoms with Gasteiger partial charge < -0.3 is 9.84 Å². The van der Waals surface area contributed by atoms with Gasteiger partial charge in [-0.15, -0.1) is 0 Å². The van der Waals surface area contributed by atoms with Crippen LogP contribution in [0.25, 0.3) is 10.8 Å². The summed E-state index contributed by atoms with van der Waals surface area (Å²) in [5.41, 5.74) is 1.31. The molecule has 3 nitrogen and oxygen atoms in total. The Kier molecular flexibility index (Phi) is 5.12.